The van der Waals surface area contributed by atoms with Crippen molar-refractivity contribution in [3.63, 3.8) is 0 Å². The van der Waals surface area contributed by atoms with Gasteiger partial charge in [-0.05, 0) is 50.5 Å². The Balaban J connectivity index is 1.73. The number of nitrogens with one attached hydrogen (secondary N) is 1. The second kappa shape index (κ2) is 7.20. The molecule has 2 aliphatic rings. The number of fused-ring (bicyclic) bond motifs is 3. The second-order valence-electron chi connectivity index (χ2n) is 7.15. The van der Waals surface area contributed by atoms with Crippen molar-refractivity contribution in [2.45, 2.75) is 38.8 Å². The molecule has 2 aromatic rings. The fourth-order valence-corrected chi connectivity index (χ4v) is 4.27. The van der Waals surface area contributed by atoms with Gasteiger partial charge in [0, 0.05) is 23.8 Å². The van der Waals surface area contributed by atoms with Crippen LogP contribution in [0.25, 0.3) is 0 Å². The summed E-state index contributed by atoms with van der Waals surface area (Å²) in [6.45, 7) is 5.59. The standard InChI is InChI=1S/C22H27NO3/c1-4-25-19-10-8-15(13-20(19)24-3)21-16-6-5-11-26-22(16)17-12-14(2)7-9-18(17)23-21/h7-10,12-13,16,21-23H,4-6,11H2,1-3H3/t16-,21?,22-/m0/s1. The summed E-state index contributed by atoms with van der Waals surface area (Å²) in [5, 5.41) is 3.77. The highest BCUT2D eigenvalue weighted by Gasteiger charge is 2.40. The van der Waals surface area contributed by atoms with Crippen molar-refractivity contribution in [1.29, 1.82) is 0 Å². The van der Waals surface area contributed by atoms with Crippen LogP contribution < -0.4 is 14.8 Å². The Hall–Kier alpha value is -2.20. The molecule has 0 spiro atoms. The molecule has 2 aliphatic heterocycles. The molecule has 4 rings (SSSR count). The van der Waals surface area contributed by atoms with E-state index in [0.29, 0.717) is 12.5 Å². The molecular formula is C22H27NO3. The number of hydrogen-bond donors (Lipinski definition) is 1. The molecule has 0 saturated carbocycles. The largest absolute Gasteiger partial charge is 0.493 e. The fraction of sp³-hybridized carbons (Fsp3) is 0.455. The summed E-state index contributed by atoms with van der Waals surface area (Å²) in [7, 11) is 1.69. The van der Waals surface area contributed by atoms with Crippen LogP contribution in [0.3, 0.4) is 0 Å². The highest BCUT2D eigenvalue weighted by molar-refractivity contribution is 5.59. The summed E-state index contributed by atoms with van der Waals surface area (Å²) in [4.78, 5) is 0. The van der Waals surface area contributed by atoms with E-state index in [1.807, 2.05) is 13.0 Å². The van der Waals surface area contributed by atoms with Crippen LogP contribution in [0.5, 0.6) is 11.5 Å². The van der Waals surface area contributed by atoms with Gasteiger partial charge in [-0.1, -0.05) is 23.8 Å². The van der Waals surface area contributed by atoms with Gasteiger partial charge in [0.2, 0.25) is 0 Å². The van der Waals surface area contributed by atoms with Crippen LogP contribution in [0.4, 0.5) is 5.69 Å². The maximum atomic E-state index is 6.24. The summed E-state index contributed by atoms with van der Waals surface area (Å²) in [5.41, 5.74) is 4.97. The van der Waals surface area contributed by atoms with Crippen molar-refractivity contribution in [2.24, 2.45) is 5.92 Å². The van der Waals surface area contributed by atoms with Crippen LogP contribution in [-0.4, -0.2) is 20.3 Å². The van der Waals surface area contributed by atoms with E-state index in [4.69, 9.17) is 14.2 Å². The fourth-order valence-electron chi connectivity index (χ4n) is 4.27. The van der Waals surface area contributed by atoms with Crippen LogP contribution in [0, 0.1) is 12.8 Å². The summed E-state index contributed by atoms with van der Waals surface area (Å²) in [6, 6.07) is 13.1. The molecule has 138 valence electrons. The smallest absolute Gasteiger partial charge is 0.161 e. The monoisotopic (exact) mass is 353 g/mol. The van der Waals surface area contributed by atoms with Crippen molar-refractivity contribution in [3.8, 4) is 11.5 Å². The van der Waals surface area contributed by atoms with Gasteiger partial charge < -0.3 is 19.5 Å². The quantitative estimate of drug-likeness (QED) is 0.836. The lowest BCUT2D eigenvalue weighted by molar-refractivity contribution is -0.0381. The highest BCUT2D eigenvalue weighted by Crippen LogP contribution is 2.50. The lowest BCUT2D eigenvalue weighted by Gasteiger charge is -2.43. The van der Waals surface area contributed by atoms with Gasteiger partial charge in [0.05, 0.1) is 25.9 Å². The lowest BCUT2D eigenvalue weighted by Crippen LogP contribution is -2.36. The molecule has 0 radical (unpaired) electrons. The number of rotatable bonds is 4. The van der Waals surface area contributed by atoms with Crippen molar-refractivity contribution in [3.05, 3.63) is 53.1 Å². The second-order valence-corrected chi connectivity index (χ2v) is 7.15. The average molecular weight is 353 g/mol. The van der Waals surface area contributed by atoms with E-state index in [2.05, 4.69) is 42.6 Å². The first-order valence-corrected chi connectivity index (χ1v) is 9.50. The number of benzene rings is 2. The van der Waals surface area contributed by atoms with Gasteiger partial charge >= 0.3 is 0 Å². The van der Waals surface area contributed by atoms with Crippen LogP contribution in [0.1, 0.15) is 48.6 Å². The Morgan fingerprint density at radius 2 is 2.04 bits per heavy atom. The van der Waals surface area contributed by atoms with Gasteiger partial charge in [-0.2, -0.15) is 0 Å². The first kappa shape index (κ1) is 17.2. The molecule has 0 aliphatic carbocycles. The third-order valence-corrected chi connectivity index (χ3v) is 5.47. The predicted octanol–water partition coefficient (Wildman–Crippen LogP) is 5.04. The molecule has 1 N–H and O–H groups in total. The molecule has 4 nitrogen and oxygen atoms in total. The van der Waals surface area contributed by atoms with Gasteiger partial charge in [-0.25, -0.2) is 0 Å². The predicted molar refractivity (Wildman–Crippen MR) is 103 cm³/mol. The SMILES string of the molecule is CCOc1ccc(C2Nc3ccc(C)cc3[C@H]3OCCC[C@@H]23)cc1OC. The molecule has 1 saturated heterocycles. The summed E-state index contributed by atoms with van der Waals surface area (Å²) >= 11 is 0. The maximum absolute atomic E-state index is 6.24. The Bertz CT molecular complexity index is 789. The third kappa shape index (κ3) is 3.03. The normalized spacial score (nSPS) is 24.2. The minimum absolute atomic E-state index is 0.155. The Morgan fingerprint density at radius 3 is 2.85 bits per heavy atom. The van der Waals surface area contributed by atoms with Gasteiger partial charge in [0.1, 0.15) is 0 Å². The Labute approximate surface area is 155 Å². The van der Waals surface area contributed by atoms with Gasteiger partial charge in [0.25, 0.3) is 0 Å². The Morgan fingerprint density at radius 1 is 1.15 bits per heavy atom. The van der Waals surface area contributed by atoms with E-state index in [1.54, 1.807) is 7.11 Å². The lowest BCUT2D eigenvalue weighted by atomic mass is 9.77. The van der Waals surface area contributed by atoms with E-state index < -0.39 is 0 Å². The zero-order valence-corrected chi connectivity index (χ0v) is 15.7. The molecule has 2 aromatic carbocycles. The molecular weight excluding hydrogens is 326 g/mol. The minimum atomic E-state index is 0.155. The Kier molecular flexibility index (Phi) is 4.77. The summed E-state index contributed by atoms with van der Waals surface area (Å²) in [5.74, 6) is 2.00. The topological polar surface area (TPSA) is 39.7 Å². The summed E-state index contributed by atoms with van der Waals surface area (Å²) in [6.07, 6.45) is 2.42. The minimum Gasteiger partial charge on any atom is -0.493 e. The number of methoxy groups -OCH3 is 1. The number of hydrogen-bond acceptors (Lipinski definition) is 4. The van der Waals surface area contributed by atoms with Gasteiger partial charge in [-0.3, -0.25) is 0 Å². The molecule has 2 heterocycles. The zero-order valence-electron chi connectivity index (χ0n) is 15.7. The van der Waals surface area contributed by atoms with Crippen molar-refractivity contribution >= 4 is 5.69 Å². The number of ether oxygens (including phenoxy) is 3. The first-order valence-electron chi connectivity index (χ1n) is 9.50. The first-order chi connectivity index (χ1) is 12.7. The van der Waals surface area contributed by atoms with Crippen molar-refractivity contribution in [1.82, 2.24) is 0 Å². The van der Waals surface area contributed by atoms with E-state index in [9.17, 15) is 0 Å². The molecule has 0 amide bonds. The average Bonchev–Trinajstić information content (AvgIpc) is 2.68. The van der Waals surface area contributed by atoms with Crippen LogP contribution in [-0.2, 0) is 4.74 Å². The van der Waals surface area contributed by atoms with Crippen LogP contribution >= 0.6 is 0 Å². The van der Waals surface area contributed by atoms with Crippen molar-refractivity contribution < 1.29 is 14.2 Å². The molecule has 1 unspecified atom stereocenters. The molecule has 0 bridgehead atoms. The molecule has 3 atom stereocenters. The maximum Gasteiger partial charge on any atom is 0.161 e. The highest BCUT2D eigenvalue weighted by atomic mass is 16.5. The summed E-state index contributed by atoms with van der Waals surface area (Å²) < 4.78 is 17.5. The van der Waals surface area contributed by atoms with E-state index >= 15 is 0 Å². The van der Waals surface area contributed by atoms with Crippen molar-refractivity contribution in [2.75, 3.05) is 25.6 Å². The third-order valence-electron chi connectivity index (χ3n) is 5.47. The van der Waals surface area contributed by atoms with E-state index in [1.165, 1.54) is 22.4 Å². The molecule has 1 fully saturated rings. The van der Waals surface area contributed by atoms with Gasteiger partial charge in [0.15, 0.2) is 11.5 Å². The van der Waals surface area contributed by atoms with Gasteiger partial charge in [-0.15, -0.1) is 0 Å². The molecule has 0 aromatic heterocycles. The molecule has 4 heteroatoms. The van der Waals surface area contributed by atoms with E-state index in [0.717, 1.165) is 30.9 Å². The number of aryl methyl sites for hydroxylation is 1. The number of anilines is 1. The zero-order chi connectivity index (χ0) is 18.1. The van der Waals surface area contributed by atoms with Crippen LogP contribution in [0.15, 0.2) is 36.4 Å². The molecule has 26 heavy (non-hydrogen) atoms. The van der Waals surface area contributed by atoms with Crippen LogP contribution in [0.2, 0.25) is 0 Å². The van der Waals surface area contributed by atoms with E-state index in [-0.39, 0.29) is 12.1 Å².